The summed E-state index contributed by atoms with van der Waals surface area (Å²) in [7, 11) is -1.67. The molecule has 3 aliphatic heterocycles. The maximum absolute atomic E-state index is 13.5. The SMILES string of the molecule is COCC(=O)N1C[C@H](CN2CCC3(CC2)CCN(Cc2ccc(S(C)(=O)=O)cc2)C3=O)[C@@H](c2ccccc2)C1. The predicted octanol–water partition coefficient (Wildman–Crippen LogP) is 2.79. The van der Waals surface area contributed by atoms with Gasteiger partial charge in [0.05, 0.1) is 10.3 Å². The summed E-state index contributed by atoms with van der Waals surface area (Å²) >= 11 is 0. The number of nitrogens with zero attached hydrogens (tertiary/aromatic N) is 3. The van der Waals surface area contributed by atoms with E-state index < -0.39 is 9.84 Å². The molecule has 8 nitrogen and oxygen atoms in total. The van der Waals surface area contributed by atoms with E-state index in [-0.39, 0.29) is 23.8 Å². The number of hydrogen-bond acceptors (Lipinski definition) is 6. The van der Waals surface area contributed by atoms with Gasteiger partial charge in [0.25, 0.3) is 0 Å². The molecule has 0 saturated carbocycles. The summed E-state index contributed by atoms with van der Waals surface area (Å²) in [6.07, 6.45) is 3.78. The van der Waals surface area contributed by atoms with E-state index in [0.29, 0.717) is 29.8 Å². The quantitative estimate of drug-likeness (QED) is 0.500. The van der Waals surface area contributed by atoms with Gasteiger partial charge in [0.2, 0.25) is 11.8 Å². The zero-order valence-corrected chi connectivity index (χ0v) is 23.7. The fraction of sp³-hybridized carbons (Fsp3) is 0.533. The van der Waals surface area contributed by atoms with Crippen LogP contribution < -0.4 is 0 Å². The average Bonchev–Trinajstić information content (AvgIpc) is 3.48. The van der Waals surface area contributed by atoms with E-state index in [9.17, 15) is 18.0 Å². The van der Waals surface area contributed by atoms with E-state index in [2.05, 4.69) is 29.2 Å². The monoisotopic (exact) mass is 553 g/mol. The molecule has 3 heterocycles. The number of ether oxygens (including phenoxy) is 1. The number of likely N-dealkylation sites (tertiary alicyclic amines) is 3. The summed E-state index contributed by atoms with van der Waals surface area (Å²) in [5.74, 6) is 0.906. The molecule has 9 heteroatoms. The molecule has 3 aliphatic rings. The second-order valence-electron chi connectivity index (χ2n) is 11.5. The van der Waals surface area contributed by atoms with Gasteiger partial charge in [-0.25, -0.2) is 8.42 Å². The van der Waals surface area contributed by atoms with Crippen LogP contribution in [0.25, 0.3) is 0 Å². The molecule has 2 amide bonds. The van der Waals surface area contributed by atoms with Gasteiger partial charge < -0.3 is 19.4 Å². The van der Waals surface area contributed by atoms with E-state index in [4.69, 9.17) is 4.74 Å². The maximum Gasteiger partial charge on any atom is 0.248 e. The topological polar surface area (TPSA) is 87.2 Å². The molecule has 0 radical (unpaired) electrons. The number of rotatable bonds is 8. The second kappa shape index (κ2) is 11.4. The Morgan fingerprint density at radius 3 is 2.28 bits per heavy atom. The largest absolute Gasteiger partial charge is 0.375 e. The molecular formula is C30H39N3O5S. The Bertz CT molecular complexity index is 1270. The van der Waals surface area contributed by atoms with Gasteiger partial charge in [0.1, 0.15) is 6.61 Å². The third kappa shape index (κ3) is 6.05. The molecule has 39 heavy (non-hydrogen) atoms. The zero-order chi connectivity index (χ0) is 27.6. The van der Waals surface area contributed by atoms with Crippen LogP contribution in [-0.4, -0.2) is 94.2 Å². The molecule has 0 unspecified atom stereocenters. The Labute approximate surface area is 231 Å². The first kappa shape index (κ1) is 27.8. The lowest BCUT2D eigenvalue weighted by atomic mass is 9.76. The number of benzene rings is 2. The van der Waals surface area contributed by atoms with Crippen molar-refractivity contribution in [3.63, 3.8) is 0 Å². The summed E-state index contributed by atoms with van der Waals surface area (Å²) in [5.41, 5.74) is 1.93. The first-order chi connectivity index (χ1) is 18.7. The Morgan fingerprint density at radius 2 is 1.64 bits per heavy atom. The summed E-state index contributed by atoms with van der Waals surface area (Å²) in [4.78, 5) is 32.8. The number of carbonyl (C=O) groups excluding carboxylic acids is 2. The number of sulfone groups is 1. The highest BCUT2D eigenvalue weighted by molar-refractivity contribution is 7.90. The molecule has 0 aromatic heterocycles. The van der Waals surface area contributed by atoms with Crippen LogP contribution >= 0.6 is 0 Å². The fourth-order valence-corrected chi connectivity index (χ4v) is 7.25. The molecule has 0 N–H and O–H groups in total. The molecule has 3 fully saturated rings. The van der Waals surface area contributed by atoms with Crippen molar-refractivity contribution in [2.75, 3.05) is 59.2 Å². The van der Waals surface area contributed by atoms with Crippen molar-refractivity contribution in [3.05, 3.63) is 65.7 Å². The van der Waals surface area contributed by atoms with E-state index in [1.165, 1.54) is 11.8 Å². The van der Waals surface area contributed by atoms with Crippen molar-refractivity contribution in [3.8, 4) is 0 Å². The van der Waals surface area contributed by atoms with Crippen molar-refractivity contribution in [1.29, 1.82) is 0 Å². The summed E-state index contributed by atoms with van der Waals surface area (Å²) in [6, 6.07) is 17.3. The van der Waals surface area contributed by atoms with Gasteiger partial charge >= 0.3 is 0 Å². The van der Waals surface area contributed by atoms with Crippen LogP contribution in [0.15, 0.2) is 59.5 Å². The van der Waals surface area contributed by atoms with Crippen LogP contribution in [0.2, 0.25) is 0 Å². The Balaban J connectivity index is 1.19. The predicted molar refractivity (Wildman–Crippen MR) is 149 cm³/mol. The number of methoxy groups -OCH3 is 1. The molecule has 2 aromatic rings. The summed E-state index contributed by atoms with van der Waals surface area (Å²) in [5, 5.41) is 0. The Morgan fingerprint density at radius 1 is 0.974 bits per heavy atom. The van der Waals surface area contributed by atoms with Crippen LogP contribution in [-0.2, 0) is 30.7 Å². The summed E-state index contributed by atoms with van der Waals surface area (Å²) in [6.45, 7) is 5.49. The molecular weight excluding hydrogens is 514 g/mol. The van der Waals surface area contributed by atoms with Gasteiger partial charge in [-0.2, -0.15) is 0 Å². The van der Waals surface area contributed by atoms with Crippen molar-refractivity contribution in [2.24, 2.45) is 11.3 Å². The van der Waals surface area contributed by atoms with Crippen LogP contribution in [0.4, 0.5) is 0 Å². The van der Waals surface area contributed by atoms with Gasteiger partial charge in [0.15, 0.2) is 9.84 Å². The molecule has 2 aromatic carbocycles. The normalized spacial score (nSPS) is 23.6. The number of amides is 2. The third-order valence-corrected chi connectivity index (χ3v) is 10.0. The Hall–Kier alpha value is -2.75. The fourth-order valence-electron chi connectivity index (χ4n) is 6.62. The maximum atomic E-state index is 13.5. The minimum absolute atomic E-state index is 0.0427. The highest BCUT2D eigenvalue weighted by Gasteiger charge is 2.48. The van der Waals surface area contributed by atoms with Crippen LogP contribution in [0.1, 0.15) is 36.3 Å². The molecule has 210 valence electrons. The molecule has 2 atom stereocenters. The molecule has 0 bridgehead atoms. The van der Waals surface area contributed by atoms with Gasteiger partial charge in [-0.15, -0.1) is 0 Å². The minimum Gasteiger partial charge on any atom is -0.375 e. The van der Waals surface area contributed by atoms with Gasteiger partial charge in [-0.1, -0.05) is 42.5 Å². The lowest BCUT2D eigenvalue weighted by Crippen LogP contribution is -2.46. The lowest BCUT2D eigenvalue weighted by molar-refractivity contribution is -0.139. The minimum atomic E-state index is -3.23. The van der Waals surface area contributed by atoms with Crippen molar-refractivity contribution < 1.29 is 22.7 Å². The number of carbonyl (C=O) groups is 2. The van der Waals surface area contributed by atoms with E-state index in [1.807, 2.05) is 28.0 Å². The van der Waals surface area contributed by atoms with Gasteiger partial charge in [-0.3, -0.25) is 9.59 Å². The van der Waals surface area contributed by atoms with Gasteiger partial charge in [-0.05, 0) is 61.5 Å². The molecule has 5 rings (SSSR count). The third-order valence-electron chi connectivity index (χ3n) is 8.92. The smallest absolute Gasteiger partial charge is 0.248 e. The highest BCUT2D eigenvalue weighted by atomic mass is 32.2. The molecule has 0 aliphatic carbocycles. The van der Waals surface area contributed by atoms with Crippen molar-refractivity contribution in [1.82, 2.24) is 14.7 Å². The molecule has 1 spiro atoms. The second-order valence-corrected chi connectivity index (χ2v) is 13.5. The average molecular weight is 554 g/mol. The lowest BCUT2D eigenvalue weighted by Gasteiger charge is -2.39. The van der Waals surface area contributed by atoms with Crippen molar-refractivity contribution in [2.45, 2.75) is 36.6 Å². The number of hydrogen-bond donors (Lipinski definition) is 0. The van der Waals surface area contributed by atoms with E-state index >= 15 is 0 Å². The first-order valence-corrected chi connectivity index (χ1v) is 15.7. The Kier molecular flexibility index (Phi) is 8.12. The highest BCUT2D eigenvalue weighted by Crippen LogP contribution is 2.43. The van der Waals surface area contributed by atoms with E-state index in [0.717, 1.165) is 57.5 Å². The van der Waals surface area contributed by atoms with Crippen LogP contribution in [0, 0.1) is 11.3 Å². The standard InChI is InChI=1S/C30H39N3O5S/c1-38-22-28(34)33-20-25(27(21-33)24-6-4-3-5-7-24)19-31-15-12-30(13-16-31)14-17-32(29(30)35)18-23-8-10-26(11-9-23)39(2,36)37/h3-11,25,27H,12-22H2,1-2H3/t25-,27+/m0/s1. The van der Waals surface area contributed by atoms with Crippen molar-refractivity contribution >= 4 is 21.7 Å². The van der Waals surface area contributed by atoms with Crippen LogP contribution in [0.3, 0.4) is 0 Å². The molecule has 3 saturated heterocycles. The summed E-state index contributed by atoms with van der Waals surface area (Å²) < 4.78 is 28.6. The number of piperidine rings is 1. The van der Waals surface area contributed by atoms with E-state index in [1.54, 1.807) is 19.2 Å². The zero-order valence-electron chi connectivity index (χ0n) is 22.9. The van der Waals surface area contributed by atoms with Gasteiger partial charge in [0, 0.05) is 52.0 Å². The first-order valence-electron chi connectivity index (χ1n) is 13.8. The van der Waals surface area contributed by atoms with Crippen LogP contribution in [0.5, 0.6) is 0 Å².